The van der Waals surface area contributed by atoms with Gasteiger partial charge >= 0.3 is 0 Å². The molecule has 2 aromatic heterocycles. The minimum atomic E-state index is 0.0953. The third kappa shape index (κ3) is 3.60. The van der Waals surface area contributed by atoms with E-state index in [-0.39, 0.29) is 5.92 Å². The van der Waals surface area contributed by atoms with Crippen molar-refractivity contribution in [3.05, 3.63) is 107 Å². The summed E-state index contributed by atoms with van der Waals surface area (Å²) in [6, 6.07) is 20.8. The van der Waals surface area contributed by atoms with Crippen LogP contribution in [0.3, 0.4) is 0 Å². The highest BCUT2D eigenvalue weighted by Gasteiger charge is 2.20. The summed E-state index contributed by atoms with van der Waals surface area (Å²) in [5, 5.41) is 3.38. The molecule has 2 heterocycles. The van der Waals surface area contributed by atoms with E-state index in [0.29, 0.717) is 0 Å². The number of aromatic amines is 1. The summed E-state index contributed by atoms with van der Waals surface area (Å²) in [6.07, 6.45) is 5.43. The SMILES string of the molecule is Cc1cccc(C(c2cccc(Nc3ccccn3)c2)c2cnc[nH]2)c1C. The highest BCUT2D eigenvalue weighted by molar-refractivity contribution is 5.59. The van der Waals surface area contributed by atoms with Gasteiger partial charge in [-0.3, -0.25) is 0 Å². The average molecular weight is 354 g/mol. The molecule has 27 heavy (non-hydrogen) atoms. The maximum Gasteiger partial charge on any atom is 0.130 e. The second kappa shape index (κ2) is 7.46. The molecule has 0 saturated carbocycles. The van der Waals surface area contributed by atoms with Crippen molar-refractivity contribution in [2.24, 2.45) is 0 Å². The van der Waals surface area contributed by atoms with Gasteiger partial charge in [-0.15, -0.1) is 0 Å². The largest absolute Gasteiger partial charge is 0.348 e. The Kier molecular flexibility index (Phi) is 4.71. The first kappa shape index (κ1) is 17.0. The summed E-state index contributed by atoms with van der Waals surface area (Å²) in [6.45, 7) is 4.34. The zero-order valence-corrected chi connectivity index (χ0v) is 15.5. The van der Waals surface area contributed by atoms with Gasteiger partial charge in [-0.1, -0.05) is 36.4 Å². The summed E-state index contributed by atoms with van der Waals surface area (Å²) in [7, 11) is 0. The Morgan fingerprint density at radius 2 is 1.85 bits per heavy atom. The Morgan fingerprint density at radius 1 is 0.963 bits per heavy atom. The van der Waals surface area contributed by atoms with Crippen LogP contribution in [0.25, 0.3) is 0 Å². The van der Waals surface area contributed by atoms with E-state index < -0.39 is 0 Å². The van der Waals surface area contributed by atoms with E-state index >= 15 is 0 Å². The second-order valence-electron chi connectivity index (χ2n) is 6.69. The van der Waals surface area contributed by atoms with Gasteiger partial charge in [-0.05, 0) is 60.4 Å². The Morgan fingerprint density at radius 3 is 2.63 bits per heavy atom. The Hall–Kier alpha value is -3.40. The molecule has 4 heteroatoms. The first-order valence-corrected chi connectivity index (χ1v) is 9.05. The number of hydrogen-bond donors (Lipinski definition) is 2. The van der Waals surface area contributed by atoms with E-state index in [4.69, 9.17) is 0 Å². The number of H-pyrrole nitrogens is 1. The second-order valence-corrected chi connectivity index (χ2v) is 6.69. The van der Waals surface area contributed by atoms with Crippen molar-refractivity contribution in [1.82, 2.24) is 15.0 Å². The lowest BCUT2D eigenvalue weighted by Gasteiger charge is -2.21. The van der Waals surface area contributed by atoms with Crippen molar-refractivity contribution in [1.29, 1.82) is 0 Å². The fourth-order valence-electron chi connectivity index (χ4n) is 3.42. The highest BCUT2D eigenvalue weighted by atomic mass is 15.0. The number of aryl methyl sites for hydroxylation is 1. The van der Waals surface area contributed by atoms with Crippen LogP contribution in [-0.4, -0.2) is 15.0 Å². The molecule has 0 aliphatic heterocycles. The molecule has 0 amide bonds. The molecule has 0 fully saturated rings. The average Bonchev–Trinajstić information content (AvgIpc) is 3.21. The van der Waals surface area contributed by atoms with E-state index in [1.807, 2.05) is 24.4 Å². The van der Waals surface area contributed by atoms with Crippen LogP contribution >= 0.6 is 0 Å². The molecule has 1 unspecified atom stereocenters. The van der Waals surface area contributed by atoms with E-state index in [0.717, 1.165) is 17.2 Å². The molecule has 2 N–H and O–H groups in total. The van der Waals surface area contributed by atoms with Gasteiger partial charge in [0.15, 0.2) is 0 Å². The topological polar surface area (TPSA) is 53.6 Å². The number of anilines is 2. The lowest BCUT2D eigenvalue weighted by atomic mass is 9.85. The number of hydrogen-bond acceptors (Lipinski definition) is 3. The first-order chi connectivity index (χ1) is 13.2. The standard InChI is InChI=1S/C23H22N4/c1-16-7-5-10-20(17(16)2)23(21-14-24-15-26-21)18-8-6-9-19(13-18)27-22-11-3-4-12-25-22/h3-15,23H,1-2H3,(H,24,26)(H,25,27). The molecule has 1 atom stereocenters. The maximum absolute atomic E-state index is 4.36. The normalized spacial score (nSPS) is 11.9. The van der Waals surface area contributed by atoms with Gasteiger partial charge in [-0.2, -0.15) is 0 Å². The molecule has 0 saturated heterocycles. The molecule has 0 bridgehead atoms. The van der Waals surface area contributed by atoms with Gasteiger partial charge < -0.3 is 10.3 Å². The fourth-order valence-corrected chi connectivity index (χ4v) is 3.42. The predicted octanol–water partition coefficient (Wildman–Crippen LogP) is 5.35. The molecule has 0 radical (unpaired) electrons. The molecular formula is C23H22N4. The van der Waals surface area contributed by atoms with Crippen LogP contribution in [0.1, 0.15) is 33.9 Å². The van der Waals surface area contributed by atoms with Crippen LogP contribution in [0.4, 0.5) is 11.5 Å². The van der Waals surface area contributed by atoms with Gasteiger partial charge in [0.25, 0.3) is 0 Å². The van der Waals surface area contributed by atoms with E-state index in [2.05, 4.69) is 76.6 Å². The van der Waals surface area contributed by atoms with Crippen LogP contribution in [0.2, 0.25) is 0 Å². The molecule has 134 valence electrons. The number of aromatic nitrogens is 3. The van der Waals surface area contributed by atoms with E-state index in [1.54, 1.807) is 12.5 Å². The highest BCUT2D eigenvalue weighted by Crippen LogP contribution is 2.34. The van der Waals surface area contributed by atoms with Crippen LogP contribution in [0.5, 0.6) is 0 Å². The van der Waals surface area contributed by atoms with Crippen LogP contribution < -0.4 is 5.32 Å². The Labute approximate surface area is 159 Å². The van der Waals surface area contributed by atoms with Crippen LogP contribution in [0, 0.1) is 13.8 Å². The van der Waals surface area contributed by atoms with Gasteiger partial charge in [-0.25, -0.2) is 9.97 Å². The van der Waals surface area contributed by atoms with Crippen molar-refractivity contribution < 1.29 is 0 Å². The minimum Gasteiger partial charge on any atom is -0.348 e. The van der Waals surface area contributed by atoms with Gasteiger partial charge in [0.2, 0.25) is 0 Å². The van der Waals surface area contributed by atoms with Crippen LogP contribution in [-0.2, 0) is 0 Å². The monoisotopic (exact) mass is 354 g/mol. The third-order valence-electron chi connectivity index (χ3n) is 4.95. The summed E-state index contributed by atoms with van der Waals surface area (Å²) < 4.78 is 0. The lowest BCUT2D eigenvalue weighted by molar-refractivity contribution is 0.918. The Bertz CT molecular complexity index is 1020. The first-order valence-electron chi connectivity index (χ1n) is 9.05. The van der Waals surface area contributed by atoms with Crippen molar-refractivity contribution in [2.45, 2.75) is 19.8 Å². The maximum atomic E-state index is 4.36. The number of nitrogens with one attached hydrogen (secondary N) is 2. The summed E-state index contributed by atoms with van der Waals surface area (Å²) in [5.41, 5.74) is 7.18. The van der Waals surface area contributed by atoms with Crippen molar-refractivity contribution in [2.75, 3.05) is 5.32 Å². The zero-order chi connectivity index (χ0) is 18.6. The zero-order valence-electron chi connectivity index (χ0n) is 15.5. The number of pyridine rings is 1. The molecular weight excluding hydrogens is 332 g/mol. The molecule has 4 aromatic rings. The van der Waals surface area contributed by atoms with Crippen LogP contribution in [0.15, 0.2) is 79.4 Å². The van der Waals surface area contributed by atoms with Gasteiger partial charge in [0.05, 0.1) is 12.2 Å². The minimum absolute atomic E-state index is 0.0953. The molecule has 4 rings (SSSR count). The number of imidazole rings is 1. The molecule has 4 nitrogen and oxygen atoms in total. The number of benzene rings is 2. The summed E-state index contributed by atoms with van der Waals surface area (Å²) >= 11 is 0. The van der Waals surface area contributed by atoms with E-state index in [1.165, 1.54) is 22.3 Å². The van der Waals surface area contributed by atoms with E-state index in [9.17, 15) is 0 Å². The molecule has 0 aliphatic rings. The summed E-state index contributed by atoms with van der Waals surface area (Å²) in [4.78, 5) is 11.9. The molecule has 0 spiro atoms. The fraction of sp³-hybridized carbons (Fsp3) is 0.130. The van der Waals surface area contributed by atoms with Crippen molar-refractivity contribution in [3.63, 3.8) is 0 Å². The smallest absolute Gasteiger partial charge is 0.130 e. The summed E-state index contributed by atoms with van der Waals surface area (Å²) in [5.74, 6) is 0.928. The number of nitrogens with zero attached hydrogens (tertiary/aromatic N) is 2. The van der Waals surface area contributed by atoms with Gasteiger partial charge in [0.1, 0.15) is 5.82 Å². The lowest BCUT2D eigenvalue weighted by Crippen LogP contribution is -2.07. The van der Waals surface area contributed by atoms with Gasteiger partial charge in [0, 0.05) is 23.8 Å². The van der Waals surface area contributed by atoms with Crippen molar-refractivity contribution >= 4 is 11.5 Å². The Balaban J connectivity index is 1.77. The third-order valence-corrected chi connectivity index (χ3v) is 4.95. The number of rotatable bonds is 5. The quantitative estimate of drug-likeness (QED) is 0.508. The molecule has 2 aromatic carbocycles. The predicted molar refractivity (Wildman–Crippen MR) is 109 cm³/mol. The molecule has 0 aliphatic carbocycles. The van der Waals surface area contributed by atoms with Crippen molar-refractivity contribution in [3.8, 4) is 0 Å².